The van der Waals surface area contributed by atoms with Gasteiger partial charge in [0.15, 0.2) is 0 Å². The molecule has 1 atom stereocenters. The van der Waals surface area contributed by atoms with Crippen LogP contribution in [0.5, 0.6) is 0 Å². The summed E-state index contributed by atoms with van der Waals surface area (Å²) in [4.78, 5) is 0. The first-order valence-electron chi connectivity index (χ1n) is 3.27. The highest BCUT2D eigenvalue weighted by atomic mass is 32.2. The van der Waals surface area contributed by atoms with Crippen LogP contribution in [0.2, 0.25) is 0 Å². The Morgan fingerprint density at radius 3 is 2.70 bits per heavy atom. The molecule has 0 bridgehead atoms. The molecular formula is C6H10F2OS. The number of hydrogen-bond donors (Lipinski definition) is 1. The minimum Gasteiger partial charge on any atom is -0.390 e. The predicted octanol–water partition coefficient (Wildman–Crippen LogP) is 1.51. The second kappa shape index (κ2) is 3.05. The van der Waals surface area contributed by atoms with Gasteiger partial charge < -0.3 is 5.11 Å². The SMILES string of the molecule is OCC(F)(F)C1CCCS1. The van der Waals surface area contributed by atoms with Gasteiger partial charge in [0, 0.05) is 0 Å². The van der Waals surface area contributed by atoms with E-state index >= 15 is 0 Å². The summed E-state index contributed by atoms with van der Waals surface area (Å²) in [5.74, 6) is -2.05. The Morgan fingerprint density at radius 1 is 1.60 bits per heavy atom. The summed E-state index contributed by atoms with van der Waals surface area (Å²) in [6, 6.07) is 0. The van der Waals surface area contributed by atoms with Crippen molar-refractivity contribution in [3.63, 3.8) is 0 Å². The molecule has 1 N–H and O–H groups in total. The molecule has 0 aromatic carbocycles. The van der Waals surface area contributed by atoms with E-state index in [-0.39, 0.29) is 0 Å². The summed E-state index contributed by atoms with van der Waals surface area (Å²) in [7, 11) is 0. The molecule has 10 heavy (non-hydrogen) atoms. The Labute approximate surface area is 62.8 Å². The Bertz CT molecular complexity index is 112. The summed E-state index contributed by atoms with van der Waals surface area (Å²) in [5, 5.41) is 7.65. The van der Waals surface area contributed by atoms with E-state index in [4.69, 9.17) is 5.11 Å². The van der Waals surface area contributed by atoms with Gasteiger partial charge in [-0.1, -0.05) is 0 Å². The van der Waals surface area contributed by atoms with Gasteiger partial charge in [0.1, 0.15) is 6.61 Å². The average molecular weight is 168 g/mol. The monoisotopic (exact) mass is 168 g/mol. The topological polar surface area (TPSA) is 20.2 Å². The van der Waals surface area contributed by atoms with Gasteiger partial charge in [-0.3, -0.25) is 0 Å². The largest absolute Gasteiger partial charge is 0.390 e. The molecule has 0 spiro atoms. The van der Waals surface area contributed by atoms with Crippen LogP contribution in [0.25, 0.3) is 0 Å². The molecule has 60 valence electrons. The molecule has 1 unspecified atom stereocenters. The lowest BCUT2D eigenvalue weighted by atomic mass is 10.1. The number of aliphatic hydroxyl groups is 1. The molecule has 1 nitrogen and oxygen atoms in total. The Balaban J connectivity index is 2.45. The molecule has 0 aromatic rings. The molecule has 4 heteroatoms. The highest BCUT2D eigenvalue weighted by Gasteiger charge is 2.40. The fourth-order valence-corrected chi connectivity index (χ4v) is 2.28. The minimum absolute atomic E-state index is 0.540. The Hall–Kier alpha value is 0.170. The van der Waals surface area contributed by atoms with E-state index < -0.39 is 17.8 Å². The minimum atomic E-state index is -2.86. The van der Waals surface area contributed by atoms with Crippen LogP contribution in [0.3, 0.4) is 0 Å². The first-order valence-corrected chi connectivity index (χ1v) is 4.32. The molecule has 1 fully saturated rings. The second-order valence-electron chi connectivity index (χ2n) is 2.42. The average Bonchev–Trinajstić information content (AvgIpc) is 2.38. The number of aliphatic hydroxyl groups excluding tert-OH is 1. The van der Waals surface area contributed by atoms with E-state index in [0.29, 0.717) is 6.42 Å². The van der Waals surface area contributed by atoms with Crippen LogP contribution >= 0.6 is 11.8 Å². The number of rotatable bonds is 2. The molecule has 1 aliphatic heterocycles. The lowest BCUT2D eigenvalue weighted by Crippen LogP contribution is -2.32. The van der Waals surface area contributed by atoms with Crippen molar-refractivity contribution in [1.29, 1.82) is 0 Å². The van der Waals surface area contributed by atoms with Crippen LogP contribution in [0, 0.1) is 0 Å². The standard InChI is InChI=1S/C6H10F2OS/c7-6(8,4-9)5-2-1-3-10-5/h5,9H,1-4H2. The molecule has 0 radical (unpaired) electrons. The van der Waals surface area contributed by atoms with Crippen molar-refractivity contribution in [2.45, 2.75) is 24.0 Å². The fourth-order valence-electron chi connectivity index (χ4n) is 1.01. The van der Waals surface area contributed by atoms with Gasteiger partial charge in [-0.15, -0.1) is 0 Å². The zero-order chi connectivity index (χ0) is 7.61. The van der Waals surface area contributed by atoms with Crippen molar-refractivity contribution in [2.75, 3.05) is 12.4 Å². The van der Waals surface area contributed by atoms with Gasteiger partial charge in [0.2, 0.25) is 0 Å². The van der Waals surface area contributed by atoms with Crippen molar-refractivity contribution < 1.29 is 13.9 Å². The van der Waals surface area contributed by atoms with Crippen LogP contribution in [-0.4, -0.2) is 28.6 Å². The molecule has 1 heterocycles. The molecule has 0 aliphatic carbocycles. The van der Waals surface area contributed by atoms with Gasteiger partial charge in [-0.05, 0) is 18.6 Å². The molecule has 0 saturated carbocycles. The maximum absolute atomic E-state index is 12.6. The number of hydrogen-bond acceptors (Lipinski definition) is 2. The van der Waals surface area contributed by atoms with Gasteiger partial charge in [-0.2, -0.15) is 11.8 Å². The van der Waals surface area contributed by atoms with Crippen molar-refractivity contribution in [1.82, 2.24) is 0 Å². The van der Waals surface area contributed by atoms with E-state index in [0.717, 1.165) is 12.2 Å². The van der Waals surface area contributed by atoms with E-state index in [2.05, 4.69) is 0 Å². The first kappa shape index (κ1) is 8.27. The third-order valence-electron chi connectivity index (χ3n) is 1.61. The van der Waals surface area contributed by atoms with E-state index in [1.165, 1.54) is 11.8 Å². The molecule has 1 saturated heterocycles. The Kier molecular flexibility index (Phi) is 2.52. The molecule has 0 amide bonds. The second-order valence-corrected chi connectivity index (χ2v) is 3.73. The molecule has 0 aromatic heterocycles. The maximum Gasteiger partial charge on any atom is 0.282 e. The van der Waals surface area contributed by atoms with Gasteiger partial charge in [-0.25, -0.2) is 8.78 Å². The summed E-state index contributed by atoms with van der Waals surface area (Å²) in [5.41, 5.74) is 0. The van der Waals surface area contributed by atoms with Crippen molar-refractivity contribution in [2.24, 2.45) is 0 Å². The normalized spacial score (nSPS) is 27.3. The fraction of sp³-hybridized carbons (Fsp3) is 1.00. The predicted molar refractivity (Wildman–Crippen MR) is 37.5 cm³/mol. The molecule has 1 aliphatic rings. The number of alkyl halides is 2. The van der Waals surface area contributed by atoms with Gasteiger partial charge in [0.05, 0.1) is 5.25 Å². The molecule has 1 rings (SSSR count). The summed E-state index contributed by atoms with van der Waals surface area (Å²) >= 11 is 1.26. The number of thioether (sulfide) groups is 1. The maximum atomic E-state index is 12.6. The van der Waals surface area contributed by atoms with Crippen molar-refractivity contribution in [3.8, 4) is 0 Å². The van der Waals surface area contributed by atoms with Gasteiger partial charge >= 0.3 is 0 Å². The zero-order valence-corrected chi connectivity index (χ0v) is 6.33. The van der Waals surface area contributed by atoms with Crippen LogP contribution in [0.4, 0.5) is 8.78 Å². The number of halogens is 2. The lowest BCUT2D eigenvalue weighted by molar-refractivity contribution is -0.0507. The highest BCUT2D eigenvalue weighted by molar-refractivity contribution is 8.00. The van der Waals surface area contributed by atoms with E-state index in [1.807, 2.05) is 0 Å². The third-order valence-corrected chi connectivity index (χ3v) is 3.12. The van der Waals surface area contributed by atoms with Crippen LogP contribution in [0.15, 0.2) is 0 Å². The van der Waals surface area contributed by atoms with Crippen LogP contribution in [0.1, 0.15) is 12.8 Å². The zero-order valence-electron chi connectivity index (χ0n) is 5.52. The summed E-state index contributed by atoms with van der Waals surface area (Å²) in [6.45, 7) is -1.01. The third kappa shape index (κ3) is 1.61. The van der Waals surface area contributed by atoms with Crippen molar-refractivity contribution >= 4 is 11.8 Å². The quantitative estimate of drug-likeness (QED) is 0.674. The van der Waals surface area contributed by atoms with Gasteiger partial charge in [0.25, 0.3) is 5.92 Å². The highest BCUT2D eigenvalue weighted by Crippen LogP contribution is 2.37. The van der Waals surface area contributed by atoms with Crippen LogP contribution < -0.4 is 0 Å². The summed E-state index contributed by atoms with van der Waals surface area (Å²) < 4.78 is 25.2. The lowest BCUT2D eigenvalue weighted by Gasteiger charge is -2.19. The van der Waals surface area contributed by atoms with Crippen molar-refractivity contribution in [3.05, 3.63) is 0 Å². The van der Waals surface area contributed by atoms with Crippen LogP contribution in [-0.2, 0) is 0 Å². The Morgan fingerprint density at radius 2 is 2.30 bits per heavy atom. The van der Waals surface area contributed by atoms with E-state index in [9.17, 15) is 8.78 Å². The smallest absolute Gasteiger partial charge is 0.282 e. The molecular weight excluding hydrogens is 158 g/mol. The van der Waals surface area contributed by atoms with E-state index in [1.54, 1.807) is 0 Å². The first-order chi connectivity index (χ1) is 4.67. The summed E-state index contributed by atoms with van der Waals surface area (Å²) in [6.07, 6.45) is 1.39.